The van der Waals surface area contributed by atoms with Crippen LogP contribution in [0.2, 0.25) is 0 Å². The van der Waals surface area contributed by atoms with E-state index in [9.17, 15) is 62.3 Å². The number of Topliss-reactive ketones (excluding diaryl/α,β-unsaturated/α-hetero) is 1. The summed E-state index contributed by atoms with van der Waals surface area (Å²) in [7, 11) is -11.2. The Hall–Kier alpha value is -3.95. The van der Waals surface area contributed by atoms with Crippen molar-refractivity contribution >= 4 is 50.9 Å². The van der Waals surface area contributed by atoms with E-state index in [-0.39, 0.29) is 49.7 Å². The largest absolute Gasteiger partial charge is 0.481 e. The molecule has 4 aliphatic carbocycles. The molecule has 1 aliphatic heterocycles. The minimum Gasteiger partial charge on any atom is -0.390 e. The van der Waals surface area contributed by atoms with Gasteiger partial charge in [0.1, 0.15) is 18.6 Å². The van der Waals surface area contributed by atoms with Gasteiger partial charge in [-0.1, -0.05) is 25.1 Å². The quantitative estimate of drug-likeness (QED) is 0.0803. The molecule has 1 heterocycles. The van der Waals surface area contributed by atoms with Crippen LogP contribution in [0.5, 0.6) is 0 Å². The molecule has 4 fully saturated rings. The number of aliphatic hydroxyl groups is 2. The number of amides is 3. The van der Waals surface area contributed by atoms with Crippen LogP contribution in [0.25, 0.3) is 0 Å². The number of fused-ring (bicyclic) bond motifs is 5. The molecule has 11 atom stereocenters. The summed E-state index contributed by atoms with van der Waals surface area (Å²) < 4.78 is 93.0. The van der Waals surface area contributed by atoms with Crippen molar-refractivity contribution in [3.05, 3.63) is 59.4 Å². The molecule has 1 aromatic carbocycles. The van der Waals surface area contributed by atoms with E-state index in [1.165, 1.54) is 32.1 Å². The SMILES string of the molecule is C[C@]12C=CC(=O)C=C1[C@@H](F)C[C@H]1[C@@H]3C[C@@H](OCc4cccc(F)c4)[C@](O)(C(=O)COP(=O)(O)OP(=O)(O)OCCNC(=O)CCCC(=O)ON4C(=O)CCC4=O)[C@@]3(C)C[C@H](O)[C@@]12F. The molecule has 3 saturated carbocycles. The van der Waals surface area contributed by atoms with Gasteiger partial charge < -0.3 is 34.9 Å². The highest BCUT2D eigenvalue weighted by molar-refractivity contribution is 7.61. The van der Waals surface area contributed by atoms with Crippen molar-refractivity contribution in [2.45, 2.75) is 101 Å². The van der Waals surface area contributed by atoms with E-state index < -0.39 is 148 Å². The van der Waals surface area contributed by atoms with Crippen molar-refractivity contribution in [2.24, 2.45) is 22.7 Å². The van der Waals surface area contributed by atoms with Gasteiger partial charge in [-0.2, -0.15) is 4.31 Å². The minimum absolute atomic E-state index is 0.0730. The Morgan fingerprint density at radius 1 is 1.00 bits per heavy atom. The minimum atomic E-state index is -5.71. The Labute approximate surface area is 358 Å². The van der Waals surface area contributed by atoms with Crippen LogP contribution in [0.15, 0.2) is 48.1 Å². The van der Waals surface area contributed by atoms with Crippen LogP contribution in [0.1, 0.15) is 70.8 Å². The first-order valence-corrected chi connectivity index (χ1v) is 22.9. The number of ketones is 2. The molecule has 3 amide bonds. The number of alkyl halides is 2. The predicted molar refractivity (Wildman–Crippen MR) is 206 cm³/mol. The highest BCUT2D eigenvalue weighted by atomic mass is 31.3. The van der Waals surface area contributed by atoms with Gasteiger partial charge >= 0.3 is 21.6 Å². The van der Waals surface area contributed by atoms with Gasteiger partial charge in [0.15, 0.2) is 22.8 Å². The zero-order valence-corrected chi connectivity index (χ0v) is 35.8. The van der Waals surface area contributed by atoms with Crippen molar-refractivity contribution in [1.82, 2.24) is 10.4 Å². The molecule has 346 valence electrons. The fourth-order valence-electron chi connectivity index (χ4n) is 9.77. The van der Waals surface area contributed by atoms with Gasteiger partial charge in [0, 0.05) is 49.0 Å². The Morgan fingerprint density at radius 3 is 2.37 bits per heavy atom. The van der Waals surface area contributed by atoms with E-state index >= 15 is 8.78 Å². The lowest BCUT2D eigenvalue weighted by Crippen LogP contribution is -2.71. The average Bonchev–Trinajstić information content (AvgIpc) is 3.63. The van der Waals surface area contributed by atoms with Crippen LogP contribution in [0, 0.1) is 28.5 Å². The number of rotatable bonds is 18. The number of hydrogen-bond donors (Lipinski definition) is 5. The second-order valence-electron chi connectivity index (χ2n) is 16.6. The molecule has 0 spiro atoms. The molecule has 24 heteroatoms. The number of benzene rings is 1. The molecule has 1 aromatic rings. The first-order chi connectivity index (χ1) is 29.4. The third-order valence-corrected chi connectivity index (χ3v) is 15.4. The maximum Gasteiger partial charge on any atom is 0.481 e. The van der Waals surface area contributed by atoms with E-state index in [0.717, 1.165) is 24.3 Å². The van der Waals surface area contributed by atoms with Crippen LogP contribution in [-0.2, 0) is 67.4 Å². The van der Waals surface area contributed by atoms with Crippen LogP contribution < -0.4 is 5.32 Å². The first kappa shape index (κ1) is 48.5. The van der Waals surface area contributed by atoms with Gasteiger partial charge in [0.25, 0.3) is 11.8 Å². The molecule has 6 rings (SSSR count). The third-order valence-electron chi connectivity index (χ3n) is 12.8. The Morgan fingerprint density at radius 2 is 1.68 bits per heavy atom. The third kappa shape index (κ3) is 9.43. The van der Waals surface area contributed by atoms with E-state index in [1.54, 1.807) is 0 Å². The van der Waals surface area contributed by atoms with Crippen LogP contribution >= 0.6 is 15.6 Å². The first-order valence-electron chi connectivity index (χ1n) is 19.9. The average molecular weight is 935 g/mol. The molecule has 5 aliphatic rings. The van der Waals surface area contributed by atoms with E-state index in [2.05, 4.69) is 19.0 Å². The van der Waals surface area contributed by atoms with Gasteiger partial charge in [0.2, 0.25) is 5.91 Å². The number of hydroxylamine groups is 2. The molecule has 0 aromatic heterocycles. The topological polar surface area (TPSA) is 279 Å². The molecule has 5 N–H and O–H groups in total. The summed E-state index contributed by atoms with van der Waals surface area (Å²) in [6.45, 7) is -0.447. The highest BCUT2D eigenvalue weighted by Gasteiger charge is 2.77. The molecule has 19 nitrogen and oxygen atoms in total. The lowest BCUT2D eigenvalue weighted by atomic mass is 9.44. The van der Waals surface area contributed by atoms with Gasteiger partial charge in [-0.25, -0.2) is 27.1 Å². The molecule has 63 heavy (non-hydrogen) atoms. The van der Waals surface area contributed by atoms with Crippen LogP contribution in [-0.4, -0.2) is 110 Å². The summed E-state index contributed by atoms with van der Waals surface area (Å²) in [6, 6.07) is 5.12. The van der Waals surface area contributed by atoms with Gasteiger partial charge in [-0.15, -0.1) is 5.06 Å². The van der Waals surface area contributed by atoms with E-state index in [1.807, 2.05) is 0 Å². The lowest BCUT2D eigenvalue weighted by molar-refractivity contribution is -0.228. The number of aliphatic hydroxyl groups excluding tert-OH is 1. The highest BCUT2D eigenvalue weighted by Crippen LogP contribution is 2.70. The standard InChI is InChI=1S/C39H47F3N2O17P2/c1-36-12-11-24(45)16-27(36)28(41)17-26-25-18-31(57-20-22-5-3-6-23(40)15-22)39(52,37(25,2)19-29(46)38(26,36)42)30(47)21-59-63(55,56)61-62(53,54)58-14-13-43-32(48)7-4-8-35(51)60-44-33(49)9-10-34(44)50/h3,5-6,11-12,15-16,25-26,28-29,31,46,52H,4,7-10,13-14,17-21H2,1-2H3,(H,43,48)(H,53,54)(H,55,56)/t25-,26-,28-,29-,31+,36-,37-,38-,39+/m0/s1. The molecular formula is C39H47F3N2O17P2. The second-order valence-corrected chi connectivity index (χ2v) is 19.6. The smallest absolute Gasteiger partial charge is 0.390 e. The summed E-state index contributed by atoms with van der Waals surface area (Å²) in [4.78, 5) is 98.7. The molecule has 0 bridgehead atoms. The number of carbonyl (C=O) groups is 6. The summed E-state index contributed by atoms with van der Waals surface area (Å²) in [6.07, 6.45) is -4.61. The lowest BCUT2D eigenvalue weighted by Gasteiger charge is -2.62. The molecule has 1 saturated heterocycles. The Bertz CT molecular complexity index is 2200. The number of hydrogen-bond acceptors (Lipinski definition) is 15. The maximum absolute atomic E-state index is 17.8. The fraction of sp³-hybridized carbons (Fsp3) is 0.590. The number of halogens is 3. The van der Waals surface area contributed by atoms with Crippen molar-refractivity contribution < 1.29 is 94.0 Å². The van der Waals surface area contributed by atoms with Gasteiger partial charge in [0.05, 0.1) is 25.4 Å². The summed E-state index contributed by atoms with van der Waals surface area (Å²) in [5, 5.41) is 26.8. The number of carbonyl (C=O) groups excluding carboxylic acids is 6. The number of imide groups is 1. The number of nitrogens with one attached hydrogen (secondary N) is 1. The number of nitrogens with zero attached hydrogens (tertiary/aromatic N) is 1. The van der Waals surface area contributed by atoms with Crippen molar-refractivity contribution in [3.8, 4) is 0 Å². The Kier molecular flexibility index (Phi) is 14.0. The number of allylic oxidation sites excluding steroid dienone is 4. The maximum atomic E-state index is 17.8. The zero-order valence-electron chi connectivity index (χ0n) is 34.0. The number of phosphoric ester groups is 2. The second kappa shape index (κ2) is 18.1. The normalized spacial score (nSPS) is 34.3. The number of phosphoric acid groups is 2. The fourth-order valence-corrected chi connectivity index (χ4v) is 11.8. The van der Waals surface area contributed by atoms with E-state index in [0.29, 0.717) is 5.06 Å². The van der Waals surface area contributed by atoms with Crippen molar-refractivity contribution in [2.75, 3.05) is 19.8 Å². The monoisotopic (exact) mass is 934 g/mol. The molecular weight excluding hydrogens is 887 g/mol. The molecule has 0 radical (unpaired) electrons. The number of ether oxygens (including phenoxy) is 1. The van der Waals surface area contributed by atoms with E-state index in [4.69, 9.17) is 9.26 Å². The van der Waals surface area contributed by atoms with Crippen LogP contribution in [0.4, 0.5) is 13.2 Å². The zero-order chi connectivity index (χ0) is 46.3. The van der Waals surface area contributed by atoms with Crippen molar-refractivity contribution in [1.29, 1.82) is 0 Å². The molecule has 2 unspecified atom stereocenters. The summed E-state index contributed by atoms with van der Waals surface area (Å²) >= 11 is 0. The predicted octanol–water partition coefficient (Wildman–Crippen LogP) is 3.08. The summed E-state index contributed by atoms with van der Waals surface area (Å²) in [5.74, 6) is -8.07. The van der Waals surface area contributed by atoms with Gasteiger partial charge in [-0.3, -0.25) is 33.0 Å². The van der Waals surface area contributed by atoms with Crippen molar-refractivity contribution in [3.63, 3.8) is 0 Å². The Balaban J connectivity index is 1.08. The summed E-state index contributed by atoms with van der Waals surface area (Å²) in [5.41, 5.74) is -9.02. The van der Waals surface area contributed by atoms with Gasteiger partial charge in [-0.05, 0) is 73.9 Å². The van der Waals surface area contributed by atoms with Crippen LogP contribution in [0.3, 0.4) is 0 Å².